The summed E-state index contributed by atoms with van der Waals surface area (Å²) in [6, 6.07) is 0.331. The molecule has 0 bridgehead atoms. The van der Waals surface area contributed by atoms with Crippen molar-refractivity contribution < 1.29 is 9.90 Å². The molecule has 82 valence electrons. The van der Waals surface area contributed by atoms with Crippen LogP contribution in [-0.2, 0) is 4.79 Å². The second-order valence-electron chi connectivity index (χ2n) is 4.12. The van der Waals surface area contributed by atoms with E-state index in [4.69, 9.17) is 0 Å². The van der Waals surface area contributed by atoms with Crippen LogP contribution in [0.3, 0.4) is 0 Å². The summed E-state index contributed by atoms with van der Waals surface area (Å²) in [6.45, 7) is 6.04. The third-order valence-electron chi connectivity index (χ3n) is 2.52. The Morgan fingerprint density at radius 3 is 2.57 bits per heavy atom. The Bertz CT molecular complexity index is 187. The zero-order valence-electron chi connectivity index (χ0n) is 8.99. The van der Waals surface area contributed by atoms with Gasteiger partial charge in [0.15, 0.2) is 0 Å². The van der Waals surface area contributed by atoms with Gasteiger partial charge in [0.1, 0.15) is 0 Å². The van der Waals surface area contributed by atoms with Gasteiger partial charge >= 0.3 is 0 Å². The van der Waals surface area contributed by atoms with Crippen LogP contribution >= 0.6 is 0 Å². The maximum absolute atomic E-state index is 10.8. The lowest BCUT2D eigenvalue weighted by Gasteiger charge is -2.32. The fraction of sp³-hybridized carbons (Fsp3) is 0.900. The summed E-state index contributed by atoms with van der Waals surface area (Å²) < 4.78 is 0. The molecule has 1 unspecified atom stereocenters. The third kappa shape index (κ3) is 4.07. The number of rotatable bonds is 3. The average molecular weight is 200 g/mol. The smallest absolute Gasteiger partial charge is 0.217 e. The highest BCUT2D eigenvalue weighted by Gasteiger charge is 2.19. The number of nitrogens with zero attached hydrogens (tertiary/aromatic N) is 1. The minimum Gasteiger partial charge on any atom is -0.392 e. The first-order valence-corrected chi connectivity index (χ1v) is 5.25. The molecule has 14 heavy (non-hydrogen) atoms. The lowest BCUT2D eigenvalue weighted by atomic mass is 10.0. The monoisotopic (exact) mass is 200 g/mol. The van der Waals surface area contributed by atoms with Crippen LogP contribution in [0.4, 0.5) is 0 Å². The molecule has 1 fully saturated rings. The van der Waals surface area contributed by atoms with Gasteiger partial charge in [-0.1, -0.05) is 0 Å². The van der Waals surface area contributed by atoms with Gasteiger partial charge in [0.2, 0.25) is 5.91 Å². The van der Waals surface area contributed by atoms with Crippen LogP contribution in [0.5, 0.6) is 0 Å². The molecular formula is C10H20N2O2. The Kier molecular flexibility index (Phi) is 4.35. The Morgan fingerprint density at radius 1 is 1.57 bits per heavy atom. The van der Waals surface area contributed by atoms with E-state index in [1.807, 2.05) is 0 Å². The van der Waals surface area contributed by atoms with Crippen molar-refractivity contribution in [1.82, 2.24) is 10.2 Å². The van der Waals surface area contributed by atoms with Crippen molar-refractivity contribution in [2.24, 2.45) is 0 Å². The molecule has 1 atom stereocenters. The number of piperidine rings is 1. The molecule has 0 radical (unpaired) electrons. The van der Waals surface area contributed by atoms with Crippen molar-refractivity contribution in [3.63, 3.8) is 0 Å². The second kappa shape index (κ2) is 5.32. The van der Waals surface area contributed by atoms with E-state index >= 15 is 0 Å². The van der Waals surface area contributed by atoms with Crippen LogP contribution in [0, 0.1) is 0 Å². The number of nitrogens with one attached hydrogen (secondary N) is 1. The molecule has 0 aromatic carbocycles. The van der Waals surface area contributed by atoms with E-state index in [0.717, 1.165) is 32.5 Å². The number of carbonyl (C=O) groups is 1. The first kappa shape index (κ1) is 11.5. The van der Waals surface area contributed by atoms with Gasteiger partial charge < -0.3 is 15.3 Å². The van der Waals surface area contributed by atoms with E-state index < -0.39 is 0 Å². The highest BCUT2D eigenvalue weighted by atomic mass is 16.3. The number of hydrogen-bond donors (Lipinski definition) is 2. The fourth-order valence-corrected chi connectivity index (χ4v) is 1.92. The van der Waals surface area contributed by atoms with Gasteiger partial charge in [-0.2, -0.15) is 0 Å². The standard InChI is InChI=1S/C10H20N2O2/c1-8(13)7-12-5-3-10(4-6-12)11-9(2)14/h8,10,13H,3-7H2,1-2H3,(H,11,14). The van der Waals surface area contributed by atoms with Crippen molar-refractivity contribution >= 4 is 5.91 Å². The van der Waals surface area contributed by atoms with Crippen LogP contribution in [0.1, 0.15) is 26.7 Å². The first-order valence-electron chi connectivity index (χ1n) is 5.25. The van der Waals surface area contributed by atoms with Gasteiger partial charge in [0.05, 0.1) is 6.10 Å². The van der Waals surface area contributed by atoms with Crippen molar-refractivity contribution in [2.75, 3.05) is 19.6 Å². The van der Waals surface area contributed by atoms with E-state index in [2.05, 4.69) is 10.2 Å². The summed E-state index contributed by atoms with van der Waals surface area (Å²) >= 11 is 0. The van der Waals surface area contributed by atoms with Crippen molar-refractivity contribution in [3.05, 3.63) is 0 Å². The van der Waals surface area contributed by atoms with Crippen LogP contribution in [0.2, 0.25) is 0 Å². The predicted octanol–water partition coefficient (Wildman–Crippen LogP) is -0.0323. The zero-order valence-corrected chi connectivity index (χ0v) is 8.99. The highest BCUT2D eigenvalue weighted by Crippen LogP contribution is 2.10. The van der Waals surface area contributed by atoms with E-state index in [9.17, 15) is 9.90 Å². The largest absolute Gasteiger partial charge is 0.392 e. The Hall–Kier alpha value is -0.610. The summed E-state index contributed by atoms with van der Waals surface area (Å²) in [4.78, 5) is 13.0. The number of aliphatic hydroxyl groups excluding tert-OH is 1. The van der Waals surface area contributed by atoms with E-state index in [0.29, 0.717) is 6.04 Å². The molecule has 1 rings (SSSR count). The lowest BCUT2D eigenvalue weighted by molar-refractivity contribution is -0.120. The number of likely N-dealkylation sites (tertiary alicyclic amines) is 1. The van der Waals surface area contributed by atoms with Crippen molar-refractivity contribution in [3.8, 4) is 0 Å². The van der Waals surface area contributed by atoms with Gasteiger partial charge in [0.25, 0.3) is 0 Å². The van der Waals surface area contributed by atoms with Crippen LogP contribution in [-0.4, -0.2) is 47.7 Å². The molecule has 1 aliphatic heterocycles. The summed E-state index contributed by atoms with van der Waals surface area (Å²) in [6.07, 6.45) is 1.73. The third-order valence-corrected chi connectivity index (χ3v) is 2.52. The highest BCUT2D eigenvalue weighted by molar-refractivity contribution is 5.73. The number of carbonyl (C=O) groups excluding carboxylic acids is 1. The molecule has 2 N–H and O–H groups in total. The minimum absolute atomic E-state index is 0.0546. The van der Waals surface area contributed by atoms with Gasteiger partial charge in [0, 0.05) is 32.6 Å². The van der Waals surface area contributed by atoms with E-state index in [1.54, 1.807) is 13.8 Å². The maximum atomic E-state index is 10.8. The molecular weight excluding hydrogens is 180 g/mol. The first-order chi connectivity index (χ1) is 6.58. The molecule has 1 saturated heterocycles. The van der Waals surface area contributed by atoms with Crippen LogP contribution < -0.4 is 5.32 Å². The Labute approximate surface area is 85.3 Å². The zero-order chi connectivity index (χ0) is 10.6. The maximum Gasteiger partial charge on any atom is 0.217 e. The van der Waals surface area contributed by atoms with Crippen molar-refractivity contribution in [2.45, 2.75) is 38.8 Å². The minimum atomic E-state index is -0.257. The normalized spacial score (nSPS) is 21.9. The summed E-state index contributed by atoms with van der Waals surface area (Å²) in [5, 5.41) is 12.1. The Morgan fingerprint density at radius 2 is 2.14 bits per heavy atom. The van der Waals surface area contributed by atoms with Gasteiger partial charge in [-0.25, -0.2) is 0 Å². The topological polar surface area (TPSA) is 52.6 Å². The number of aliphatic hydroxyl groups is 1. The quantitative estimate of drug-likeness (QED) is 0.672. The predicted molar refractivity (Wildman–Crippen MR) is 55.0 cm³/mol. The second-order valence-corrected chi connectivity index (χ2v) is 4.12. The SMILES string of the molecule is CC(=O)NC1CCN(CC(C)O)CC1. The van der Waals surface area contributed by atoms with E-state index in [-0.39, 0.29) is 12.0 Å². The molecule has 0 saturated carbocycles. The van der Waals surface area contributed by atoms with Gasteiger partial charge in [-0.05, 0) is 19.8 Å². The molecule has 0 aromatic rings. The molecule has 1 aliphatic rings. The molecule has 0 aliphatic carbocycles. The molecule has 1 heterocycles. The lowest BCUT2D eigenvalue weighted by Crippen LogP contribution is -2.45. The molecule has 0 aromatic heterocycles. The summed E-state index contributed by atoms with van der Waals surface area (Å²) in [7, 11) is 0. The molecule has 0 spiro atoms. The molecule has 1 amide bonds. The summed E-state index contributed by atoms with van der Waals surface area (Å²) in [5.74, 6) is 0.0546. The fourth-order valence-electron chi connectivity index (χ4n) is 1.92. The van der Waals surface area contributed by atoms with Gasteiger partial charge in [-0.3, -0.25) is 4.79 Å². The number of β-amino-alcohol motifs (C(OH)–C–C–N with tert-alkyl or cyclic N) is 1. The summed E-state index contributed by atoms with van der Waals surface area (Å²) in [5.41, 5.74) is 0. The molecule has 4 nitrogen and oxygen atoms in total. The van der Waals surface area contributed by atoms with Crippen LogP contribution in [0.25, 0.3) is 0 Å². The van der Waals surface area contributed by atoms with Crippen LogP contribution in [0.15, 0.2) is 0 Å². The Balaban J connectivity index is 2.21. The number of amides is 1. The van der Waals surface area contributed by atoms with Crippen molar-refractivity contribution in [1.29, 1.82) is 0 Å². The number of hydrogen-bond acceptors (Lipinski definition) is 3. The van der Waals surface area contributed by atoms with E-state index in [1.165, 1.54) is 0 Å². The van der Waals surface area contributed by atoms with Gasteiger partial charge in [-0.15, -0.1) is 0 Å². The molecule has 4 heteroatoms. The average Bonchev–Trinajstić information content (AvgIpc) is 2.06.